The summed E-state index contributed by atoms with van der Waals surface area (Å²) in [6.45, 7) is 1.68. The zero-order valence-electron chi connectivity index (χ0n) is 17.5. The third-order valence-electron chi connectivity index (χ3n) is 5.53. The topological polar surface area (TPSA) is 111 Å². The van der Waals surface area contributed by atoms with E-state index in [1.807, 2.05) is 4.90 Å². The number of nitrogens with zero attached hydrogens (tertiary/aromatic N) is 2. The van der Waals surface area contributed by atoms with E-state index in [-0.39, 0.29) is 35.7 Å². The Bertz CT molecular complexity index is 781. The number of benzene rings is 1. The Kier molecular flexibility index (Phi) is 7.02. The zero-order valence-corrected chi connectivity index (χ0v) is 17.5. The summed E-state index contributed by atoms with van der Waals surface area (Å²) in [5.41, 5.74) is 5.48. The molecule has 2 aliphatic rings. The van der Waals surface area contributed by atoms with Gasteiger partial charge in [-0.25, -0.2) is 0 Å². The molecule has 2 fully saturated rings. The molecule has 9 heteroatoms. The Morgan fingerprint density at radius 1 is 1.00 bits per heavy atom. The lowest BCUT2D eigenvalue weighted by molar-refractivity contribution is -0.136. The normalized spacial score (nSPS) is 18.8. The van der Waals surface area contributed by atoms with Gasteiger partial charge in [0.25, 0.3) is 11.8 Å². The smallest absolute Gasteiger partial charge is 0.255 e. The fraction of sp³-hybridized carbons (Fsp3) is 0.571. The number of carbonyl (C=O) groups is 3. The fourth-order valence-electron chi connectivity index (χ4n) is 4.03. The number of carbonyl (C=O) groups excluding carboxylic acids is 3. The van der Waals surface area contributed by atoms with Gasteiger partial charge in [-0.3, -0.25) is 14.4 Å². The summed E-state index contributed by atoms with van der Waals surface area (Å²) in [7, 11) is 2.86. The summed E-state index contributed by atoms with van der Waals surface area (Å²) in [6, 6.07) is 2.62. The van der Waals surface area contributed by atoms with E-state index in [1.54, 1.807) is 4.90 Å². The van der Waals surface area contributed by atoms with Crippen molar-refractivity contribution in [1.29, 1.82) is 0 Å². The molecule has 3 rings (SSSR count). The number of hydrogen-bond donors (Lipinski definition) is 1. The molecule has 3 amide bonds. The first-order valence-electron chi connectivity index (χ1n) is 10.2. The number of piperidine rings is 1. The van der Waals surface area contributed by atoms with E-state index in [9.17, 15) is 14.4 Å². The van der Waals surface area contributed by atoms with Gasteiger partial charge >= 0.3 is 0 Å². The van der Waals surface area contributed by atoms with E-state index in [0.717, 1.165) is 38.8 Å². The Morgan fingerprint density at radius 2 is 1.60 bits per heavy atom. The molecule has 0 spiro atoms. The lowest BCUT2D eigenvalue weighted by Gasteiger charge is -2.37. The van der Waals surface area contributed by atoms with Crippen LogP contribution < -0.4 is 19.9 Å². The van der Waals surface area contributed by atoms with Crippen LogP contribution in [0.15, 0.2) is 12.1 Å². The molecule has 1 aromatic carbocycles. The second-order valence-electron chi connectivity index (χ2n) is 7.51. The van der Waals surface area contributed by atoms with E-state index in [2.05, 4.69) is 0 Å². The van der Waals surface area contributed by atoms with E-state index < -0.39 is 11.9 Å². The van der Waals surface area contributed by atoms with Crippen molar-refractivity contribution in [2.75, 3.05) is 40.5 Å². The molecule has 2 N–H and O–H groups in total. The summed E-state index contributed by atoms with van der Waals surface area (Å²) >= 11 is 0. The van der Waals surface area contributed by atoms with Crippen molar-refractivity contribution in [3.63, 3.8) is 0 Å². The third kappa shape index (κ3) is 4.60. The summed E-state index contributed by atoms with van der Waals surface area (Å²) in [4.78, 5) is 41.0. The second kappa shape index (κ2) is 9.69. The Hall–Kier alpha value is -2.97. The average Bonchev–Trinajstić information content (AvgIpc) is 3.31. The monoisotopic (exact) mass is 419 g/mol. The van der Waals surface area contributed by atoms with Crippen LogP contribution in [-0.2, 0) is 9.59 Å². The van der Waals surface area contributed by atoms with Crippen LogP contribution in [0.25, 0.3) is 0 Å². The highest BCUT2D eigenvalue weighted by Crippen LogP contribution is 2.39. The van der Waals surface area contributed by atoms with Gasteiger partial charge in [-0.1, -0.05) is 0 Å². The van der Waals surface area contributed by atoms with Gasteiger partial charge in [-0.2, -0.15) is 0 Å². The lowest BCUT2D eigenvalue weighted by atomic mass is 9.99. The van der Waals surface area contributed by atoms with Crippen molar-refractivity contribution in [3.05, 3.63) is 17.7 Å². The highest BCUT2D eigenvalue weighted by molar-refractivity contribution is 5.99. The molecule has 0 aliphatic carbocycles. The van der Waals surface area contributed by atoms with Gasteiger partial charge < -0.3 is 29.7 Å². The minimum Gasteiger partial charge on any atom is -0.493 e. The fourth-order valence-corrected chi connectivity index (χ4v) is 4.03. The van der Waals surface area contributed by atoms with Crippen LogP contribution in [0, 0.1) is 0 Å². The molecule has 2 heterocycles. The average molecular weight is 419 g/mol. The van der Waals surface area contributed by atoms with E-state index in [4.69, 9.17) is 19.9 Å². The maximum Gasteiger partial charge on any atom is 0.255 e. The minimum absolute atomic E-state index is 0.0286. The van der Waals surface area contributed by atoms with Crippen molar-refractivity contribution < 1.29 is 28.6 Å². The maximum absolute atomic E-state index is 13.4. The number of ether oxygens (including phenoxy) is 3. The number of nitrogens with two attached hydrogens (primary N) is 1. The van der Waals surface area contributed by atoms with Crippen molar-refractivity contribution in [3.8, 4) is 17.2 Å². The Labute approximate surface area is 176 Å². The zero-order chi connectivity index (χ0) is 21.7. The molecule has 0 bridgehead atoms. The molecular formula is C21H29N3O6. The van der Waals surface area contributed by atoms with Gasteiger partial charge in [0.2, 0.25) is 11.7 Å². The molecule has 9 nitrogen and oxygen atoms in total. The number of methoxy groups -OCH3 is 2. The Balaban J connectivity index is 1.88. The second-order valence-corrected chi connectivity index (χ2v) is 7.51. The molecule has 1 atom stereocenters. The van der Waals surface area contributed by atoms with Crippen LogP contribution in [-0.4, -0.2) is 74.0 Å². The van der Waals surface area contributed by atoms with Crippen molar-refractivity contribution in [2.45, 2.75) is 38.1 Å². The van der Waals surface area contributed by atoms with E-state index in [1.165, 1.54) is 26.4 Å². The van der Waals surface area contributed by atoms with Crippen molar-refractivity contribution in [1.82, 2.24) is 9.80 Å². The first kappa shape index (κ1) is 21.7. The molecule has 1 aromatic rings. The standard InChI is InChI=1S/C21H29N3O6/c1-28-16-11-14(12-17(29-2)19(16)30-13-18(22)25)20(26)24-10-4-3-7-15(24)21(27)23-8-5-6-9-23/h11-12,15H,3-10,13H2,1-2H3,(H2,22,25). The number of likely N-dealkylation sites (tertiary alicyclic amines) is 2. The van der Waals surface area contributed by atoms with E-state index in [0.29, 0.717) is 18.5 Å². The van der Waals surface area contributed by atoms with Gasteiger partial charge in [0.05, 0.1) is 14.2 Å². The van der Waals surface area contributed by atoms with Crippen molar-refractivity contribution >= 4 is 17.7 Å². The van der Waals surface area contributed by atoms with Gasteiger partial charge in [-0.05, 0) is 44.2 Å². The molecule has 164 valence electrons. The summed E-state index contributed by atoms with van der Waals surface area (Å²) in [5.74, 6) is -0.183. The minimum atomic E-state index is -0.643. The van der Waals surface area contributed by atoms with E-state index >= 15 is 0 Å². The quantitative estimate of drug-likeness (QED) is 0.711. The third-order valence-corrected chi connectivity index (χ3v) is 5.53. The van der Waals surface area contributed by atoms with Crippen LogP contribution in [0.1, 0.15) is 42.5 Å². The summed E-state index contributed by atoms with van der Waals surface area (Å²) in [6.07, 6.45) is 4.44. The highest BCUT2D eigenvalue weighted by atomic mass is 16.5. The van der Waals surface area contributed by atoms with Gasteiger partial charge in [0.1, 0.15) is 6.04 Å². The first-order chi connectivity index (χ1) is 14.5. The van der Waals surface area contributed by atoms with Crippen LogP contribution in [0.4, 0.5) is 0 Å². The molecule has 1 unspecified atom stereocenters. The predicted molar refractivity (Wildman–Crippen MR) is 109 cm³/mol. The predicted octanol–water partition coefficient (Wildman–Crippen LogP) is 1.19. The SMILES string of the molecule is COc1cc(C(=O)N2CCCCC2C(=O)N2CCCC2)cc(OC)c1OCC(N)=O. The van der Waals surface area contributed by atoms with Gasteiger partial charge in [-0.15, -0.1) is 0 Å². The molecule has 0 radical (unpaired) electrons. The molecule has 30 heavy (non-hydrogen) atoms. The Morgan fingerprint density at radius 3 is 2.17 bits per heavy atom. The highest BCUT2D eigenvalue weighted by Gasteiger charge is 2.36. The van der Waals surface area contributed by atoms with Gasteiger partial charge in [0, 0.05) is 25.2 Å². The maximum atomic E-state index is 13.4. The summed E-state index contributed by atoms with van der Waals surface area (Å²) in [5, 5.41) is 0. The number of primary amides is 1. The van der Waals surface area contributed by atoms with Crippen LogP contribution in [0.3, 0.4) is 0 Å². The molecular weight excluding hydrogens is 390 g/mol. The number of hydrogen-bond acceptors (Lipinski definition) is 6. The lowest BCUT2D eigenvalue weighted by Crippen LogP contribution is -2.52. The van der Waals surface area contributed by atoms with Gasteiger partial charge in [0.15, 0.2) is 18.1 Å². The first-order valence-corrected chi connectivity index (χ1v) is 10.2. The summed E-state index contributed by atoms with van der Waals surface area (Å²) < 4.78 is 16.1. The molecule has 0 saturated carbocycles. The molecule has 2 aliphatic heterocycles. The number of rotatable bonds is 7. The largest absolute Gasteiger partial charge is 0.493 e. The molecule has 2 saturated heterocycles. The van der Waals surface area contributed by atoms with Crippen molar-refractivity contribution in [2.24, 2.45) is 5.73 Å². The molecule has 0 aromatic heterocycles. The van der Waals surface area contributed by atoms with Crippen LogP contribution in [0.5, 0.6) is 17.2 Å². The van der Waals surface area contributed by atoms with Crippen LogP contribution >= 0.6 is 0 Å². The number of amides is 3. The van der Waals surface area contributed by atoms with Crippen LogP contribution in [0.2, 0.25) is 0 Å².